The average Bonchev–Trinajstić information content (AvgIpc) is 4.09. The molecular formula is C53H76N16O10. The van der Waals surface area contributed by atoms with E-state index < -0.39 is 108 Å². The number of hydrogen-bond acceptors (Lipinski definition) is 13. The Balaban J connectivity index is 1.66. The molecule has 26 nitrogen and oxygen atoms in total. The highest BCUT2D eigenvalue weighted by Crippen LogP contribution is 2.20. The summed E-state index contributed by atoms with van der Waals surface area (Å²) in [5.74, 6) is -7.19. The van der Waals surface area contributed by atoms with Crippen LogP contribution in [0.25, 0.3) is 10.9 Å². The SMILES string of the molecule is CCCC[C@H](NC(C)=O)C(=O)N[C@@H](CC=O)C(=O)N[C@@H](Cc1cnc[nH]1)C(=O)N[C@H](Cc1ccccc1)C(=O)N[C@@H](CCCN=C(N)N)C(=O)N[C@@H](Cc1c[nH]c2ccccc12)C(=O)N[C@H](C)C(=O)N[C@@H](CCCCN)C(N)=O. The molecule has 428 valence electrons. The normalized spacial score (nSPS) is 14.0. The van der Waals surface area contributed by atoms with Crippen molar-refractivity contribution in [3.05, 3.63) is 90.1 Å². The molecule has 0 radical (unpaired) electrons. The molecule has 0 aliphatic rings. The molecule has 9 amide bonds. The summed E-state index contributed by atoms with van der Waals surface area (Å²) in [6, 6.07) is 5.45. The van der Waals surface area contributed by atoms with Gasteiger partial charge in [0, 0.05) is 68.1 Å². The van der Waals surface area contributed by atoms with Crippen molar-refractivity contribution in [2.75, 3.05) is 13.1 Å². The van der Waals surface area contributed by atoms with Gasteiger partial charge in [-0.15, -0.1) is 0 Å². The predicted molar refractivity (Wildman–Crippen MR) is 293 cm³/mol. The molecule has 0 fully saturated rings. The van der Waals surface area contributed by atoms with E-state index in [9.17, 15) is 47.9 Å². The molecule has 2 aromatic heterocycles. The summed E-state index contributed by atoms with van der Waals surface area (Å²) in [7, 11) is 0. The molecule has 4 aromatic rings. The molecule has 0 saturated heterocycles. The van der Waals surface area contributed by atoms with Gasteiger partial charge in [0.1, 0.15) is 54.6 Å². The molecule has 0 aliphatic heterocycles. The minimum Gasteiger partial charge on any atom is -0.370 e. The Labute approximate surface area is 457 Å². The number of hydrogen-bond donors (Lipinski definition) is 14. The van der Waals surface area contributed by atoms with Gasteiger partial charge in [0.15, 0.2) is 5.96 Å². The van der Waals surface area contributed by atoms with Crippen molar-refractivity contribution >= 4 is 76.3 Å². The summed E-state index contributed by atoms with van der Waals surface area (Å²) < 4.78 is 0. The van der Waals surface area contributed by atoms with Gasteiger partial charge in [-0.1, -0.05) is 68.3 Å². The number of benzene rings is 2. The van der Waals surface area contributed by atoms with Crippen LogP contribution in [0.3, 0.4) is 0 Å². The minimum atomic E-state index is -1.48. The molecule has 4 rings (SSSR count). The third-order valence-corrected chi connectivity index (χ3v) is 12.7. The molecule has 18 N–H and O–H groups in total. The lowest BCUT2D eigenvalue weighted by atomic mass is 10.0. The largest absolute Gasteiger partial charge is 0.370 e. The fourth-order valence-corrected chi connectivity index (χ4v) is 8.45. The average molecular weight is 1100 g/mol. The number of H-pyrrole nitrogens is 2. The van der Waals surface area contributed by atoms with Gasteiger partial charge in [-0.05, 0) is 69.2 Å². The standard InChI is InChI=1S/C53H76N16O10/c1-4-5-17-39(63-32(3)71)47(74)66-41(21-24-70)49(76)69-44(27-35-29-58-30-61-35)52(79)67-42(25-33-14-7-6-8-15-33)51(78)65-40(20-13-23-59-53(56)57)48(75)68-43(26-34-28-60-37-18-10-9-16-36(34)37)50(77)62-31(2)46(73)64-38(45(55)72)19-11-12-22-54/h6-10,14-16,18,24,28-31,38-44,60H,4-5,11-13,17,19-23,25-27,54H2,1-3H3,(H2,55,72)(H,58,61)(H,62,77)(H,63,71)(H,64,73)(H,65,78)(H,66,74)(H,67,79)(H,68,75)(H,69,76)(H4,56,57,59)/t31-,38+,39+,40+,41+,42-,43+,44+/m1/s1. The molecule has 8 atom stereocenters. The van der Waals surface area contributed by atoms with Crippen molar-refractivity contribution in [1.29, 1.82) is 0 Å². The number of carbonyl (C=O) groups is 10. The highest BCUT2D eigenvalue weighted by molar-refractivity contribution is 5.99. The number of imidazole rings is 1. The molecule has 26 heteroatoms. The van der Waals surface area contributed by atoms with Gasteiger partial charge in [0.2, 0.25) is 53.2 Å². The van der Waals surface area contributed by atoms with Crippen LogP contribution in [0, 0.1) is 0 Å². The molecule has 2 heterocycles. The second-order valence-corrected chi connectivity index (χ2v) is 19.1. The van der Waals surface area contributed by atoms with Crippen LogP contribution in [0.15, 0.2) is 78.3 Å². The zero-order chi connectivity index (χ0) is 57.9. The van der Waals surface area contributed by atoms with Crippen LogP contribution in [0.5, 0.6) is 0 Å². The third kappa shape index (κ3) is 21.3. The number of aromatic amines is 2. The summed E-state index contributed by atoms with van der Waals surface area (Å²) >= 11 is 0. The number of primary amides is 1. The summed E-state index contributed by atoms with van der Waals surface area (Å²) in [5.41, 5.74) is 24.7. The van der Waals surface area contributed by atoms with Crippen LogP contribution in [0.2, 0.25) is 0 Å². The minimum absolute atomic E-state index is 0.0315. The van der Waals surface area contributed by atoms with Gasteiger partial charge >= 0.3 is 0 Å². The lowest BCUT2D eigenvalue weighted by molar-refractivity contribution is -0.136. The summed E-state index contributed by atoms with van der Waals surface area (Å²) in [5, 5.41) is 21.9. The maximum Gasteiger partial charge on any atom is 0.243 e. The lowest BCUT2D eigenvalue weighted by Gasteiger charge is -2.28. The number of rotatable bonds is 35. The Hall–Kier alpha value is -8.68. The van der Waals surface area contributed by atoms with Crippen molar-refractivity contribution in [2.45, 2.75) is 146 Å². The van der Waals surface area contributed by atoms with Gasteiger partial charge < -0.3 is 80.2 Å². The van der Waals surface area contributed by atoms with Gasteiger partial charge in [-0.25, -0.2) is 4.98 Å². The summed E-state index contributed by atoms with van der Waals surface area (Å²) in [6.45, 7) is 4.94. The smallest absolute Gasteiger partial charge is 0.243 e. The van der Waals surface area contributed by atoms with Crippen LogP contribution in [0.4, 0.5) is 0 Å². The van der Waals surface area contributed by atoms with E-state index in [0.717, 1.165) is 10.9 Å². The molecule has 0 bridgehead atoms. The number of aromatic nitrogens is 3. The zero-order valence-electron chi connectivity index (χ0n) is 44.8. The molecule has 0 spiro atoms. The third-order valence-electron chi connectivity index (χ3n) is 12.7. The first-order valence-corrected chi connectivity index (χ1v) is 26.3. The molecule has 0 aliphatic carbocycles. The number of carbonyl (C=O) groups excluding carboxylic acids is 10. The number of nitrogens with zero attached hydrogens (tertiary/aromatic N) is 2. The number of fused-ring (bicyclic) bond motifs is 1. The Morgan fingerprint density at radius 2 is 1.15 bits per heavy atom. The number of unbranched alkanes of at least 4 members (excludes halogenated alkanes) is 2. The highest BCUT2D eigenvalue weighted by atomic mass is 16.2. The van der Waals surface area contributed by atoms with Crippen molar-refractivity contribution in [2.24, 2.45) is 27.9 Å². The molecule has 79 heavy (non-hydrogen) atoms. The maximum absolute atomic E-state index is 14.7. The fourth-order valence-electron chi connectivity index (χ4n) is 8.45. The Kier molecular flexibility index (Phi) is 26.1. The number of nitrogens with one attached hydrogen (secondary N) is 10. The van der Waals surface area contributed by atoms with Crippen molar-refractivity contribution < 1.29 is 47.9 Å². The monoisotopic (exact) mass is 1100 g/mol. The van der Waals surface area contributed by atoms with E-state index in [1.165, 1.54) is 26.4 Å². The first-order chi connectivity index (χ1) is 37.8. The second kappa shape index (κ2) is 32.8. The van der Waals surface area contributed by atoms with Gasteiger partial charge in [0.25, 0.3) is 0 Å². The van der Waals surface area contributed by atoms with E-state index in [0.29, 0.717) is 55.3 Å². The quantitative estimate of drug-likeness (QED) is 0.0106. The topological polar surface area (TPSA) is 428 Å². The van der Waals surface area contributed by atoms with E-state index >= 15 is 0 Å². The van der Waals surface area contributed by atoms with Crippen molar-refractivity contribution in [1.82, 2.24) is 57.5 Å². The first kappa shape index (κ1) is 62.9. The number of guanidine groups is 1. The van der Waals surface area contributed by atoms with Gasteiger partial charge in [-0.3, -0.25) is 48.1 Å². The van der Waals surface area contributed by atoms with Gasteiger partial charge in [0.05, 0.1) is 6.33 Å². The zero-order valence-corrected chi connectivity index (χ0v) is 44.8. The highest BCUT2D eigenvalue weighted by Gasteiger charge is 2.35. The number of amides is 9. The van der Waals surface area contributed by atoms with Crippen LogP contribution < -0.4 is 65.5 Å². The number of aldehydes is 1. The maximum atomic E-state index is 14.7. The number of aliphatic imine (C=N–C) groups is 1. The van der Waals surface area contributed by atoms with E-state index in [2.05, 4.69) is 62.5 Å². The van der Waals surface area contributed by atoms with Gasteiger partial charge in [-0.2, -0.15) is 0 Å². The van der Waals surface area contributed by atoms with E-state index in [4.69, 9.17) is 22.9 Å². The van der Waals surface area contributed by atoms with Crippen LogP contribution in [-0.4, -0.2) is 142 Å². The Morgan fingerprint density at radius 3 is 1.76 bits per heavy atom. The molecule has 2 aromatic carbocycles. The van der Waals surface area contributed by atoms with Crippen LogP contribution in [0.1, 0.15) is 95.4 Å². The van der Waals surface area contributed by atoms with Crippen LogP contribution >= 0.6 is 0 Å². The molecule has 0 unspecified atom stereocenters. The molecule has 0 saturated carbocycles. The van der Waals surface area contributed by atoms with E-state index in [1.54, 1.807) is 42.6 Å². The van der Waals surface area contributed by atoms with Crippen LogP contribution in [-0.2, 0) is 67.2 Å². The van der Waals surface area contributed by atoms with Crippen molar-refractivity contribution in [3.63, 3.8) is 0 Å². The Morgan fingerprint density at radius 1 is 0.608 bits per heavy atom. The summed E-state index contributed by atoms with van der Waals surface area (Å²) in [6.07, 6.45) is 6.81. The Bertz CT molecular complexity index is 2690. The van der Waals surface area contributed by atoms with E-state index in [-0.39, 0.29) is 57.5 Å². The molecular weight excluding hydrogens is 1020 g/mol. The number of nitrogens with two attached hydrogens (primary N) is 4. The van der Waals surface area contributed by atoms with Crippen molar-refractivity contribution in [3.8, 4) is 0 Å². The predicted octanol–water partition coefficient (Wildman–Crippen LogP) is -1.72. The second-order valence-electron chi connectivity index (χ2n) is 19.1. The van der Waals surface area contributed by atoms with E-state index in [1.807, 2.05) is 25.1 Å². The fraction of sp³-hybridized carbons (Fsp3) is 0.472. The number of para-hydroxylation sites is 1. The summed E-state index contributed by atoms with van der Waals surface area (Å²) in [4.78, 5) is 149. The lowest BCUT2D eigenvalue weighted by Crippen LogP contribution is -2.61. The first-order valence-electron chi connectivity index (χ1n) is 26.3.